The molecule has 0 saturated heterocycles. The van der Waals surface area contributed by atoms with Gasteiger partial charge in [-0.1, -0.05) is 45.2 Å². The smallest absolute Gasteiger partial charge is 0.0320 e. The monoisotopic (exact) mass is 331 g/mol. The van der Waals surface area contributed by atoms with Gasteiger partial charge in [0.25, 0.3) is 0 Å². The van der Waals surface area contributed by atoms with Crippen LogP contribution in [0.15, 0.2) is 24.3 Å². The van der Waals surface area contributed by atoms with Crippen LogP contribution in [-0.2, 0) is 0 Å². The first-order valence-electron chi connectivity index (χ1n) is 6.26. The maximum atomic E-state index is 3.58. The number of hydrogen-bond acceptors (Lipinski definition) is 1. The quantitative estimate of drug-likeness (QED) is 0.572. The third-order valence-electron chi connectivity index (χ3n) is 2.80. The number of unbranched alkanes of at least 4 members (excludes halogenated alkanes) is 2. The lowest BCUT2D eigenvalue weighted by atomic mass is 10.0. The minimum absolute atomic E-state index is 0.534. The summed E-state index contributed by atoms with van der Waals surface area (Å²) in [5.41, 5.74) is 1.44. The van der Waals surface area contributed by atoms with E-state index >= 15 is 0 Å². The zero-order valence-corrected chi connectivity index (χ0v) is 12.5. The first-order chi connectivity index (χ1) is 7.77. The van der Waals surface area contributed by atoms with E-state index in [2.05, 4.69) is 66.0 Å². The molecule has 0 amide bonds. The van der Waals surface area contributed by atoms with Crippen molar-refractivity contribution in [3.05, 3.63) is 33.4 Å². The summed E-state index contributed by atoms with van der Waals surface area (Å²) < 4.78 is 1.33. The van der Waals surface area contributed by atoms with Gasteiger partial charge in [0.2, 0.25) is 0 Å². The Bertz CT molecular complexity index is 299. The fourth-order valence-corrected chi connectivity index (χ4v) is 2.52. The maximum Gasteiger partial charge on any atom is 0.0320 e. The normalized spacial score (nSPS) is 12.7. The summed E-state index contributed by atoms with van der Waals surface area (Å²) in [7, 11) is 0. The highest BCUT2D eigenvalue weighted by atomic mass is 127. The van der Waals surface area contributed by atoms with E-state index in [4.69, 9.17) is 0 Å². The van der Waals surface area contributed by atoms with Crippen LogP contribution in [0.2, 0.25) is 0 Å². The van der Waals surface area contributed by atoms with Gasteiger partial charge >= 0.3 is 0 Å². The molecular formula is C14H22IN. The van der Waals surface area contributed by atoms with Gasteiger partial charge in [-0.3, -0.25) is 0 Å². The van der Waals surface area contributed by atoms with Crippen molar-refractivity contribution in [2.45, 2.75) is 45.6 Å². The van der Waals surface area contributed by atoms with Gasteiger partial charge in [-0.15, -0.1) is 0 Å². The number of hydrogen-bond donors (Lipinski definition) is 1. The number of benzene rings is 1. The molecule has 0 bridgehead atoms. The molecule has 0 aliphatic heterocycles. The van der Waals surface area contributed by atoms with E-state index in [-0.39, 0.29) is 0 Å². The SMILES string of the molecule is CCCCCC(NCC)c1cccc(I)c1. The van der Waals surface area contributed by atoms with Gasteiger partial charge in [-0.05, 0) is 53.3 Å². The Balaban J connectivity index is 2.61. The first kappa shape index (κ1) is 14.0. The fraction of sp³-hybridized carbons (Fsp3) is 0.571. The van der Waals surface area contributed by atoms with Crippen LogP contribution in [0.1, 0.15) is 51.1 Å². The van der Waals surface area contributed by atoms with Crippen LogP contribution < -0.4 is 5.32 Å². The number of halogens is 1. The Hall–Kier alpha value is -0.0900. The van der Waals surface area contributed by atoms with Crippen molar-refractivity contribution in [3.63, 3.8) is 0 Å². The molecule has 90 valence electrons. The Morgan fingerprint density at radius 3 is 2.69 bits per heavy atom. The molecule has 0 spiro atoms. The second kappa shape index (κ2) is 8.07. The van der Waals surface area contributed by atoms with Crippen LogP contribution in [0, 0.1) is 3.57 Å². The highest BCUT2D eigenvalue weighted by Crippen LogP contribution is 2.21. The van der Waals surface area contributed by atoms with E-state index in [0.29, 0.717) is 6.04 Å². The van der Waals surface area contributed by atoms with Gasteiger partial charge < -0.3 is 5.32 Å². The van der Waals surface area contributed by atoms with E-state index in [9.17, 15) is 0 Å². The fourth-order valence-electron chi connectivity index (χ4n) is 1.95. The predicted octanol–water partition coefficient (Wildman–Crippen LogP) is 4.52. The molecule has 0 radical (unpaired) electrons. The zero-order chi connectivity index (χ0) is 11.8. The second-order valence-corrected chi connectivity index (χ2v) is 5.41. The Morgan fingerprint density at radius 2 is 2.06 bits per heavy atom. The standard InChI is InChI=1S/C14H22IN/c1-3-5-6-10-14(16-4-2)12-8-7-9-13(15)11-12/h7-9,11,14,16H,3-6,10H2,1-2H3. The van der Waals surface area contributed by atoms with E-state index in [0.717, 1.165) is 6.54 Å². The van der Waals surface area contributed by atoms with Gasteiger partial charge in [-0.2, -0.15) is 0 Å². The molecule has 1 unspecified atom stereocenters. The van der Waals surface area contributed by atoms with Crippen molar-refractivity contribution in [3.8, 4) is 0 Å². The van der Waals surface area contributed by atoms with Crippen LogP contribution >= 0.6 is 22.6 Å². The van der Waals surface area contributed by atoms with Crippen LogP contribution in [0.3, 0.4) is 0 Å². The molecule has 0 fully saturated rings. The third kappa shape index (κ3) is 4.83. The molecule has 0 heterocycles. The molecule has 1 N–H and O–H groups in total. The molecule has 1 nitrogen and oxygen atoms in total. The van der Waals surface area contributed by atoms with Gasteiger partial charge in [-0.25, -0.2) is 0 Å². The van der Waals surface area contributed by atoms with Crippen molar-refractivity contribution in [2.75, 3.05) is 6.54 Å². The summed E-state index contributed by atoms with van der Waals surface area (Å²) in [6, 6.07) is 9.37. The average Bonchev–Trinajstić information content (AvgIpc) is 2.28. The van der Waals surface area contributed by atoms with Crippen molar-refractivity contribution < 1.29 is 0 Å². The summed E-state index contributed by atoms with van der Waals surface area (Å²) in [5.74, 6) is 0. The van der Waals surface area contributed by atoms with Gasteiger partial charge in [0, 0.05) is 9.61 Å². The van der Waals surface area contributed by atoms with Crippen LogP contribution in [0.5, 0.6) is 0 Å². The largest absolute Gasteiger partial charge is 0.310 e. The van der Waals surface area contributed by atoms with Gasteiger partial charge in [0.1, 0.15) is 0 Å². The number of rotatable bonds is 7. The van der Waals surface area contributed by atoms with E-state index in [1.807, 2.05) is 0 Å². The number of nitrogens with one attached hydrogen (secondary N) is 1. The summed E-state index contributed by atoms with van der Waals surface area (Å²) in [6.07, 6.45) is 5.21. The predicted molar refractivity (Wildman–Crippen MR) is 79.7 cm³/mol. The Kier molecular flexibility index (Phi) is 7.05. The Labute approximate surface area is 113 Å². The van der Waals surface area contributed by atoms with E-state index in [1.165, 1.54) is 34.8 Å². The summed E-state index contributed by atoms with van der Waals surface area (Å²) in [4.78, 5) is 0. The molecule has 2 heteroatoms. The second-order valence-electron chi connectivity index (χ2n) is 4.16. The molecule has 0 aromatic heterocycles. The minimum Gasteiger partial charge on any atom is -0.310 e. The molecule has 0 saturated carbocycles. The maximum absolute atomic E-state index is 3.58. The third-order valence-corrected chi connectivity index (χ3v) is 3.47. The van der Waals surface area contributed by atoms with Crippen molar-refractivity contribution in [1.82, 2.24) is 5.32 Å². The molecule has 0 aliphatic carbocycles. The molecule has 1 atom stereocenters. The molecule has 0 aliphatic rings. The topological polar surface area (TPSA) is 12.0 Å². The summed E-state index contributed by atoms with van der Waals surface area (Å²) in [6.45, 7) is 5.48. The highest BCUT2D eigenvalue weighted by Gasteiger charge is 2.09. The zero-order valence-electron chi connectivity index (χ0n) is 10.3. The molecule has 1 aromatic rings. The van der Waals surface area contributed by atoms with E-state index in [1.54, 1.807) is 0 Å². The summed E-state index contributed by atoms with van der Waals surface area (Å²) in [5, 5.41) is 3.58. The first-order valence-corrected chi connectivity index (χ1v) is 7.34. The van der Waals surface area contributed by atoms with Crippen molar-refractivity contribution in [1.29, 1.82) is 0 Å². The van der Waals surface area contributed by atoms with Crippen molar-refractivity contribution in [2.24, 2.45) is 0 Å². The van der Waals surface area contributed by atoms with Crippen LogP contribution in [0.4, 0.5) is 0 Å². The lowest BCUT2D eigenvalue weighted by Gasteiger charge is -2.18. The highest BCUT2D eigenvalue weighted by molar-refractivity contribution is 14.1. The molecule has 1 aromatic carbocycles. The average molecular weight is 331 g/mol. The van der Waals surface area contributed by atoms with Crippen LogP contribution in [-0.4, -0.2) is 6.54 Å². The lowest BCUT2D eigenvalue weighted by molar-refractivity contribution is 0.486. The van der Waals surface area contributed by atoms with Gasteiger partial charge in [0.05, 0.1) is 0 Å². The molecule has 16 heavy (non-hydrogen) atoms. The van der Waals surface area contributed by atoms with E-state index < -0.39 is 0 Å². The van der Waals surface area contributed by atoms with Crippen molar-refractivity contribution >= 4 is 22.6 Å². The lowest BCUT2D eigenvalue weighted by Crippen LogP contribution is -2.20. The Morgan fingerprint density at radius 1 is 1.25 bits per heavy atom. The molecule has 1 rings (SSSR count). The van der Waals surface area contributed by atoms with Crippen LogP contribution in [0.25, 0.3) is 0 Å². The molecular weight excluding hydrogens is 309 g/mol. The summed E-state index contributed by atoms with van der Waals surface area (Å²) >= 11 is 2.38. The van der Waals surface area contributed by atoms with Gasteiger partial charge in [0.15, 0.2) is 0 Å². The minimum atomic E-state index is 0.534.